The largest absolute Gasteiger partial charge is 0.393 e. The minimum Gasteiger partial charge on any atom is -0.393 e. The van der Waals surface area contributed by atoms with E-state index < -0.39 is 0 Å². The van der Waals surface area contributed by atoms with E-state index in [1.54, 1.807) is 0 Å². The van der Waals surface area contributed by atoms with Crippen LogP contribution in [-0.2, 0) is 4.74 Å². The molecule has 2 saturated heterocycles. The minimum absolute atomic E-state index is 0.0664. The Labute approximate surface area is 92.4 Å². The number of hydrogen-bond acceptors (Lipinski definition) is 3. The van der Waals surface area contributed by atoms with Crippen LogP contribution >= 0.6 is 0 Å². The molecule has 0 radical (unpaired) electrons. The normalized spacial score (nSPS) is 38.0. The number of fused-ring (bicyclic) bond motifs is 1. The maximum Gasteiger partial charge on any atom is 0.0750 e. The van der Waals surface area contributed by atoms with Gasteiger partial charge < -0.3 is 9.84 Å². The SMILES string of the molecule is CC(C)(C)O[C@H]1CCN2CC[C@@H](O)C[C@H]12. The third-order valence-corrected chi connectivity index (χ3v) is 3.37. The quantitative estimate of drug-likeness (QED) is 0.714. The molecule has 2 fully saturated rings. The molecule has 2 rings (SSSR count). The first-order valence-electron chi connectivity index (χ1n) is 6.06. The molecular weight excluding hydrogens is 190 g/mol. The van der Waals surface area contributed by atoms with Gasteiger partial charge in [-0.05, 0) is 40.0 Å². The van der Waals surface area contributed by atoms with Crippen LogP contribution in [0.15, 0.2) is 0 Å². The van der Waals surface area contributed by atoms with E-state index >= 15 is 0 Å². The second-order valence-electron chi connectivity index (χ2n) is 5.84. The van der Waals surface area contributed by atoms with Gasteiger partial charge in [0.25, 0.3) is 0 Å². The van der Waals surface area contributed by atoms with Gasteiger partial charge in [0.1, 0.15) is 0 Å². The van der Waals surface area contributed by atoms with Crippen LogP contribution in [0.1, 0.15) is 40.0 Å². The minimum atomic E-state index is -0.115. The third kappa shape index (κ3) is 2.71. The summed E-state index contributed by atoms with van der Waals surface area (Å²) < 4.78 is 6.06. The molecule has 2 aliphatic heterocycles. The molecule has 0 spiro atoms. The highest BCUT2D eigenvalue weighted by Crippen LogP contribution is 2.31. The van der Waals surface area contributed by atoms with E-state index in [1.165, 1.54) is 0 Å². The molecule has 0 unspecified atom stereocenters. The molecule has 2 aliphatic rings. The Morgan fingerprint density at radius 3 is 2.53 bits per heavy atom. The number of aliphatic hydroxyl groups excluding tert-OH is 1. The molecule has 0 aromatic heterocycles. The van der Waals surface area contributed by atoms with Crippen LogP contribution in [0.2, 0.25) is 0 Å². The van der Waals surface area contributed by atoms with Crippen molar-refractivity contribution in [2.75, 3.05) is 13.1 Å². The van der Waals surface area contributed by atoms with Gasteiger partial charge in [0.2, 0.25) is 0 Å². The summed E-state index contributed by atoms with van der Waals surface area (Å²) in [6.45, 7) is 8.49. The summed E-state index contributed by atoms with van der Waals surface area (Å²) in [5, 5.41) is 9.69. The molecule has 0 saturated carbocycles. The summed E-state index contributed by atoms with van der Waals surface area (Å²) in [5.74, 6) is 0. The lowest BCUT2D eigenvalue weighted by atomic mass is 9.98. The van der Waals surface area contributed by atoms with Crippen LogP contribution in [0.25, 0.3) is 0 Å². The summed E-state index contributed by atoms with van der Waals surface area (Å²) >= 11 is 0. The monoisotopic (exact) mass is 213 g/mol. The predicted molar refractivity (Wildman–Crippen MR) is 59.8 cm³/mol. The van der Waals surface area contributed by atoms with Gasteiger partial charge in [-0.25, -0.2) is 0 Å². The van der Waals surface area contributed by atoms with Gasteiger partial charge in [0.05, 0.1) is 17.8 Å². The Balaban J connectivity index is 1.97. The maximum absolute atomic E-state index is 9.69. The first kappa shape index (κ1) is 11.4. The topological polar surface area (TPSA) is 32.7 Å². The van der Waals surface area contributed by atoms with Crippen molar-refractivity contribution in [1.29, 1.82) is 0 Å². The van der Waals surface area contributed by atoms with E-state index in [0.717, 1.165) is 32.4 Å². The molecular formula is C12H23NO2. The van der Waals surface area contributed by atoms with Gasteiger partial charge in [-0.15, -0.1) is 0 Å². The molecule has 0 amide bonds. The molecule has 3 nitrogen and oxygen atoms in total. The van der Waals surface area contributed by atoms with Gasteiger partial charge >= 0.3 is 0 Å². The Morgan fingerprint density at radius 1 is 1.20 bits per heavy atom. The molecule has 15 heavy (non-hydrogen) atoms. The number of nitrogens with zero attached hydrogens (tertiary/aromatic N) is 1. The van der Waals surface area contributed by atoms with Crippen molar-refractivity contribution in [2.24, 2.45) is 0 Å². The van der Waals surface area contributed by atoms with E-state index in [0.29, 0.717) is 12.1 Å². The van der Waals surface area contributed by atoms with Crippen molar-refractivity contribution in [2.45, 2.75) is 63.9 Å². The van der Waals surface area contributed by atoms with Crippen molar-refractivity contribution >= 4 is 0 Å². The van der Waals surface area contributed by atoms with Gasteiger partial charge in [-0.1, -0.05) is 0 Å². The van der Waals surface area contributed by atoms with E-state index in [1.807, 2.05) is 0 Å². The second kappa shape index (κ2) is 4.04. The first-order chi connectivity index (χ1) is 6.96. The molecule has 0 aliphatic carbocycles. The summed E-state index contributed by atoms with van der Waals surface area (Å²) in [6.07, 6.45) is 3.14. The summed E-state index contributed by atoms with van der Waals surface area (Å²) in [6, 6.07) is 0.452. The molecule has 0 bridgehead atoms. The highest BCUT2D eigenvalue weighted by molar-refractivity contribution is 4.94. The Hall–Kier alpha value is -0.120. The third-order valence-electron chi connectivity index (χ3n) is 3.37. The second-order valence-corrected chi connectivity index (χ2v) is 5.84. The molecule has 3 atom stereocenters. The van der Waals surface area contributed by atoms with Gasteiger partial charge in [0, 0.05) is 19.1 Å². The average Bonchev–Trinajstić information content (AvgIpc) is 2.46. The number of ether oxygens (including phenoxy) is 1. The van der Waals surface area contributed by atoms with Crippen LogP contribution in [-0.4, -0.2) is 46.9 Å². The molecule has 2 heterocycles. The maximum atomic E-state index is 9.69. The fraction of sp³-hybridized carbons (Fsp3) is 1.00. The Kier molecular flexibility index (Phi) is 3.06. The summed E-state index contributed by atoms with van der Waals surface area (Å²) in [7, 11) is 0. The fourth-order valence-corrected chi connectivity index (χ4v) is 2.77. The van der Waals surface area contributed by atoms with Crippen molar-refractivity contribution in [3.05, 3.63) is 0 Å². The number of piperidine rings is 1. The highest BCUT2D eigenvalue weighted by Gasteiger charge is 2.40. The smallest absolute Gasteiger partial charge is 0.0750 e. The van der Waals surface area contributed by atoms with E-state index in [2.05, 4.69) is 25.7 Å². The average molecular weight is 213 g/mol. The predicted octanol–water partition coefficient (Wildman–Crippen LogP) is 1.40. The zero-order valence-electron chi connectivity index (χ0n) is 10.1. The molecule has 88 valence electrons. The van der Waals surface area contributed by atoms with Crippen molar-refractivity contribution < 1.29 is 9.84 Å². The zero-order valence-corrected chi connectivity index (χ0v) is 10.1. The van der Waals surface area contributed by atoms with Crippen LogP contribution in [0.3, 0.4) is 0 Å². The highest BCUT2D eigenvalue weighted by atomic mass is 16.5. The number of aliphatic hydroxyl groups is 1. The van der Waals surface area contributed by atoms with Crippen LogP contribution < -0.4 is 0 Å². The summed E-state index contributed by atoms with van der Waals surface area (Å²) in [5.41, 5.74) is -0.0664. The van der Waals surface area contributed by atoms with Gasteiger partial charge in [-0.3, -0.25) is 4.90 Å². The van der Waals surface area contributed by atoms with Crippen molar-refractivity contribution in [1.82, 2.24) is 4.90 Å². The van der Waals surface area contributed by atoms with Gasteiger partial charge in [-0.2, -0.15) is 0 Å². The van der Waals surface area contributed by atoms with Crippen LogP contribution in [0.5, 0.6) is 0 Å². The van der Waals surface area contributed by atoms with Crippen molar-refractivity contribution in [3.63, 3.8) is 0 Å². The zero-order chi connectivity index (χ0) is 11.1. The number of rotatable bonds is 1. The molecule has 0 aromatic carbocycles. The summed E-state index contributed by atoms with van der Waals surface area (Å²) in [4.78, 5) is 2.48. The van der Waals surface area contributed by atoms with Crippen LogP contribution in [0.4, 0.5) is 0 Å². The Bertz CT molecular complexity index is 224. The first-order valence-corrected chi connectivity index (χ1v) is 6.06. The van der Waals surface area contributed by atoms with E-state index in [9.17, 15) is 5.11 Å². The van der Waals surface area contributed by atoms with Crippen molar-refractivity contribution in [3.8, 4) is 0 Å². The molecule has 3 heteroatoms. The number of hydrogen-bond donors (Lipinski definition) is 1. The standard InChI is InChI=1S/C12H23NO2/c1-12(2,3)15-11-5-7-13-6-4-9(14)8-10(11)13/h9-11,14H,4-8H2,1-3H3/t9-,10-,11+/m1/s1. The fourth-order valence-electron chi connectivity index (χ4n) is 2.77. The molecule has 0 aromatic rings. The lowest BCUT2D eigenvalue weighted by Crippen LogP contribution is -2.46. The van der Waals surface area contributed by atoms with Gasteiger partial charge in [0.15, 0.2) is 0 Å². The van der Waals surface area contributed by atoms with E-state index in [-0.39, 0.29) is 11.7 Å². The lowest BCUT2D eigenvalue weighted by Gasteiger charge is -2.37. The lowest BCUT2D eigenvalue weighted by molar-refractivity contribution is -0.0855. The molecule has 1 N–H and O–H groups in total. The van der Waals surface area contributed by atoms with E-state index in [4.69, 9.17) is 4.74 Å². The van der Waals surface area contributed by atoms with Crippen LogP contribution in [0, 0.1) is 0 Å². The Morgan fingerprint density at radius 2 is 1.87 bits per heavy atom.